The Hall–Kier alpha value is -4.40. The molecule has 0 aliphatic carbocycles. The van der Waals surface area contributed by atoms with Crippen LogP contribution in [0.3, 0.4) is 0 Å². The van der Waals surface area contributed by atoms with Crippen LogP contribution in [-0.2, 0) is 13.1 Å². The Labute approximate surface area is 258 Å². The molecule has 4 aromatic rings. The highest BCUT2D eigenvalue weighted by Gasteiger charge is 2.19. The number of thiocarbonyl (C=S) groups is 2. The second kappa shape index (κ2) is 15.0. The summed E-state index contributed by atoms with van der Waals surface area (Å²) in [5, 5.41) is 6.41. The lowest BCUT2D eigenvalue weighted by molar-refractivity contribution is 0.0962. The zero-order chi connectivity index (χ0) is 29.9. The minimum absolute atomic E-state index is 0.267. The molecule has 214 valence electrons. The maximum absolute atomic E-state index is 12.9. The Kier molecular flexibility index (Phi) is 10.9. The summed E-state index contributed by atoms with van der Waals surface area (Å²) >= 11 is 11.5. The minimum Gasteiger partial charge on any atom is -0.343 e. The maximum atomic E-state index is 12.9. The van der Waals surface area contributed by atoms with Crippen molar-refractivity contribution in [3.8, 4) is 0 Å². The van der Waals surface area contributed by atoms with Crippen LogP contribution in [-0.4, -0.2) is 44.9 Å². The summed E-state index contributed by atoms with van der Waals surface area (Å²) in [6.45, 7) is 5.98. The summed E-state index contributed by atoms with van der Waals surface area (Å²) in [4.78, 5) is 29.7. The third kappa shape index (κ3) is 9.06. The molecule has 0 aromatic heterocycles. The molecule has 0 aliphatic rings. The van der Waals surface area contributed by atoms with Crippen molar-refractivity contribution in [1.29, 1.82) is 0 Å². The van der Waals surface area contributed by atoms with Gasteiger partial charge in [0, 0.05) is 37.3 Å². The standard InChI is InChI=1S/C34H34N4O2S2/c1-25-13-17-27(18-14-25)23-37(33(41)35-31(39)29-9-5-3-6-10-29)21-22-38(24-28-19-15-26(2)16-20-28)34(42)36-32(40)30-11-7-4-8-12-30/h3-20H,21-24H2,1-2H3,(H,35,39,41)(H,36,40,42). The van der Waals surface area contributed by atoms with E-state index >= 15 is 0 Å². The predicted octanol–water partition coefficient (Wildman–Crippen LogP) is 6.04. The van der Waals surface area contributed by atoms with Crippen molar-refractivity contribution in [2.75, 3.05) is 13.1 Å². The maximum Gasteiger partial charge on any atom is 0.257 e. The van der Waals surface area contributed by atoms with Gasteiger partial charge in [0.15, 0.2) is 10.2 Å². The van der Waals surface area contributed by atoms with Crippen LogP contribution in [0.25, 0.3) is 0 Å². The van der Waals surface area contributed by atoms with Crippen molar-refractivity contribution in [3.63, 3.8) is 0 Å². The van der Waals surface area contributed by atoms with Crippen LogP contribution >= 0.6 is 24.4 Å². The molecule has 0 saturated carbocycles. The summed E-state index contributed by atoms with van der Waals surface area (Å²) in [6, 6.07) is 34.4. The predicted molar refractivity (Wildman–Crippen MR) is 176 cm³/mol. The molecule has 2 amide bonds. The number of aryl methyl sites for hydroxylation is 2. The molecular weight excluding hydrogens is 561 g/mol. The Bertz CT molecular complexity index is 1390. The van der Waals surface area contributed by atoms with Gasteiger partial charge in [-0.05, 0) is 73.7 Å². The van der Waals surface area contributed by atoms with E-state index in [2.05, 4.69) is 59.2 Å². The van der Waals surface area contributed by atoms with E-state index < -0.39 is 0 Å². The average molecular weight is 595 g/mol. The summed E-state index contributed by atoms with van der Waals surface area (Å²) < 4.78 is 0. The normalized spacial score (nSPS) is 10.4. The molecule has 6 nitrogen and oxygen atoms in total. The Morgan fingerprint density at radius 2 is 0.881 bits per heavy atom. The number of amides is 2. The van der Waals surface area contributed by atoms with Gasteiger partial charge >= 0.3 is 0 Å². The lowest BCUT2D eigenvalue weighted by Gasteiger charge is -2.31. The van der Waals surface area contributed by atoms with Gasteiger partial charge in [0.25, 0.3) is 11.8 Å². The van der Waals surface area contributed by atoms with E-state index in [1.807, 2.05) is 60.0 Å². The molecule has 0 unspecified atom stereocenters. The molecule has 42 heavy (non-hydrogen) atoms. The van der Waals surface area contributed by atoms with E-state index in [0.717, 1.165) is 22.3 Å². The number of rotatable bonds is 9. The molecule has 0 heterocycles. The number of carbonyl (C=O) groups excluding carboxylic acids is 2. The van der Waals surface area contributed by atoms with Crippen LogP contribution in [0.2, 0.25) is 0 Å². The lowest BCUT2D eigenvalue weighted by atomic mass is 10.1. The number of hydrogen-bond donors (Lipinski definition) is 2. The number of nitrogens with one attached hydrogen (secondary N) is 2. The molecule has 4 aromatic carbocycles. The summed E-state index contributed by atoms with van der Waals surface area (Å²) in [5.74, 6) is -0.534. The second-order valence-corrected chi connectivity index (χ2v) is 10.8. The Balaban J connectivity index is 1.53. The van der Waals surface area contributed by atoms with E-state index in [-0.39, 0.29) is 11.8 Å². The molecule has 0 radical (unpaired) electrons. The second-order valence-electron chi connectivity index (χ2n) is 10.1. The van der Waals surface area contributed by atoms with Gasteiger partial charge in [-0.1, -0.05) is 96.1 Å². The largest absolute Gasteiger partial charge is 0.343 e. The van der Waals surface area contributed by atoms with Crippen LogP contribution in [0.1, 0.15) is 43.0 Å². The number of nitrogens with zero attached hydrogens (tertiary/aromatic N) is 2. The third-order valence-electron chi connectivity index (χ3n) is 6.72. The van der Waals surface area contributed by atoms with Crippen molar-refractivity contribution < 1.29 is 9.59 Å². The zero-order valence-electron chi connectivity index (χ0n) is 23.7. The Morgan fingerprint density at radius 3 is 1.21 bits per heavy atom. The first kappa shape index (κ1) is 30.6. The fourth-order valence-corrected chi connectivity index (χ4v) is 4.75. The van der Waals surface area contributed by atoms with Crippen LogP contribution in [0, 0.1) is 13.8 Å². The number of benzene rings is 4. The van der Waals surface area contributed by atoms with Crippen molar-refractivity contribution in [2.45, 2.75) is 26.9 Å². The first-order chi connectivity index (χ1) is 20.3. The van der Waals surface area contributed by atoms with Crippen molar-refractivity contribution in [3.05, 3.63) is 143 Å². The number of hydrogen-bond acceptors (Lipinski definition) is 4. The highest BCUT2D eigenvalue weighted by molar-refractivity contribution is 7.80. The number of carbonyl (C=O) groups is 2. The first-order valence-corrected chi connectivity index (χ1v) is 14.5. The quantitative estimate of drug-likeness (QED) is 0.231. The molecule has 8 heteroatoms. The molecule has 0 spiro atoms. The van der Waals surface area contributed by atoms with Gasteiger partial charge in [-0.25, -0.2) is 0 Å². The van der Waals surface area contributed by atoms with Crippen LogP contribution in [0.4, 0.5) is 0 Å². The van der Waals surface area contributed by atoms with Crippen LogP contribution < -0.4 is 10.6 Å². The molecule has 0 atom stereocenters. The van der Waals surface area contributed by atoms with Gasteiger partial charge in [-0.3, -0.25) is 20.2 Å². The molecular formula is C34H34N4O2S2. The van der Waals surface area contributed by atoms with Gasteiger partial charge in [0.05, 0.1) is 0 Å². The van der Waals surface area contributed by atoms with E-state index in [4.69, 9.17) is 24.4 Å². The SMILES string of the molecule is Cc1ccc(CN(CCN(Cc2ccc(C)cc2)C(=S)NC(=O)c2ccccc2)C(=S)NC(=O)c2ccccc2)cc1. The zero-order valence-corrected chi connectivity index (χ0v) is 25.4. The molecule has 0 aliphatic heterocycles. The first-order valence-electron chi connectivity index (χ1n) is 13.7. The van der Waals surface area contributed by atoms with Gasteiger partial charge in [-0.2, -0.15) is 0 Å². The molecule has 0 bridgehead atoms. The lowest BCUT2D eigenvalue weighted by Crippen LogP contribution is -2.48. The van der Waals surface area contributed by atoms with Gasteiger partial charge in [-0.15, -0.1) is 0 Å². The van der Waals surface area contributed by atoms with Gasteiger partial charge < -0.3 is 9.80 Å². The molecule has 0 fully saturated rings. The fourth-order valence-electron chi connectivity index (χ4n) is 4.25. The van der Waals surface area contributed by atoms with E-state index in [1.165, 1.54) is 0 Å². The molecule has 2 N–H and O–H groups in total. The molecule has 4 rings (SSSR count). The highest BCUT2D eigenvalue weighted by atomic mass is 32.1. The Morgan fingerprint density at radius 1 is 0.548 bits per heavy atom. The minimum atomic E-state index is -0.267. The smallest absolute Gasteiger partial charge is 0.257 e. The van der Waals surface area contributed by atoms with E-state index in [0.29, 0.717) is 47.5 Å². The summed E-state index contributed by atoms with van der Waals surface area (Å²) in [6.07, 6.45) is 0. The van der Waals surface area contributed by atoms with Crippen molar-refractivity contribution >= 4 is 46.5 Å². The fraction of sp³-hybridized carbons (Fsp3) is 0.176. The third-order valence-corrected chi connectivity index (χ3v) is 7.44. The molecule has 0 saturated heterocycles. The van der Waals surface area contributed by atoms with Crippen molar-refractivity contribution in [2.24, 2.45) is 0 Å². The van der Waals surface area contributed by atoms with E-state index in [9.17, 15) is 9.59 Å². The highest BCUT2D eigenvalue weighted by Crippen LogP contribution is 2.12. The van der Waals surface area contributed by atoms with Crippen LogP contribution in [0.5, 0.6) is 0 Å². The summed E-state index contributed by atoms with van der Waals surface area (Å²) in [7, 11) is 0. The average Bonchev–Trinajstić information content (AvgIpc) is 3.01. The van der Waals surface area contributed by atoms with Gasteiger partial charge in [0.1, 0.15) is 0 Å². The van der Waals surface area contributed by atoms with Crippen LogP contribution in [0.15, 0.2) is 109 Å². The topological polar surface area (TPSA) is 64.7 Å². The monoisotopic (exact) mass is 594 g/mol. The van der Waals surface area contributed by atoms with Gasteiger partial charge in [0.2, 0.25) is 0 Å². The summed E-state index contributed by atoms with van der Waals surface area (Å²) in [5.41, 5.74) is 5.49. The van der Waals surface area contributed by atoms with E-state index in [1.54, 1.807) is 24.3 Å². The van der Waals surface area contributed by atoms with Crippen molar-refractivity contribution in [1.82, 2.24) is 20.4 Å².